The van der Waals surface area contributed by atoms with Gasteiger partial charge in [-0.15, -0.1) is 0 Å². The monoisotopic (exact) mass is 298 g/mol. The van der Waals surface area contributed by atoms with Crippen molar-refractivity contribution >= 4 is 5.91 Å². The van der Waals surface area contributed by atoms with E-state index in [1.807, 2.05) is 6.92 Å². The molecule has 5 heteroatoms. The summed E-state index contributed by atoms with van der Waals surface area (Å²) in [6, 6.07) is 0.227. The summed E-state index contributed by atoms with van der Waals surface area (Å²) in [5.74, 6) is 0.0521. The summed E-state index contributed by atoms with van der Waals surface area (Å²) in [7, 11) is 1.64. The molecule has 1 heterocycles. The molecule has 21 heavy (non-hydrogen) atoms. The second-order valence-electron chi connectivity index (χ2n) is 6.45. The normalized spacial score (nSPS) is 26.5. The van der Waals surface area contributed by atoms with Crippen LogP contribution >= 0.6 is 0 Å². The molecular formula is C16H30N2O3. The number of amides is 1. The molecule has 0 bridgehead atoms. The molecule has 0 radical (unpaired) electrons. The van der Waals surface area contributed by atoms with E-state index in [-0.39, 0.29) is 17.6 Å². The van der Waals surface area contributed by atoms with Crippen LogP contribution in [0.15, 0.2) is 0 Å². The maximum Gasteiger partial charge on any atom is 0.236 e. The lowest BCUT2D eigenvalue weighted by Crippen LogP contribution is -2.53. The van der Waals surface area contributed by atoms with Crippen LogP contribution in [0, 0.1) is 0 Å². The largest absolute Gasteiger partial charge is 0.383 e. The number of methoxy groups -OCH3 is 1. The summed E-state index contributed by atoms with van der Waals surface area (Å²) >= 11 is 0. The average Bonchev–Trinajstić information content (AvgIpc) is 2.48. The highest BCUT2D eigenvalue weighted by Gasteiger charge is 2.38. The number of hydrogen-bond acceptors (Lipinski definition) is 4. The topological polar surface area (TPSA) is 59.6 Å². The second kappa shape index (κ2) is 8.11. The molecule has 5 nitrogen and oxygen atoms in total. The van der Waals surface area contributed by atoms with E-state index in [4.69, 9.17) is 9.47 Å². The Morgan fingerprint density at radius 2 is 2.14 bits per heavy atom. The van der Waals surface area contributed by atoms with Crippen LogP contribution in [-0.2, 0) is 14.3 Å². The molecule has 1 spiro atoms. The molecule has 2 unspecified atom stereocenters. The van der Waals surface area contributed by atoms with E-state index in [0.29, 0.717) is 19.2 Å². The van der Waals surface area contributed by atoms with Crippen molar-refractivity contribution in [2.45, 2.75) is 69.6 Å². The van der Waals surface area contributed by atoms with Crippen LogP contribution in [0.25, 0.3) is 0 Å². The SMILES string of the molecule is COCCNC(=O)C(C)NC1CCOC2(CCCCC2)C1. The van der Waals surface area contributed by atoms with E-state index in [9.17, 15) is 4.79 Å². The fraction of sp³-hybridized carbons (Fsp3) is 0.938. The zero-order chi connectivity index (χ0) is 15.1. The quantitative estimate of drug-likeness (QED) is 0.732. The second-order valence-corrected chi connectivity index (χ2v) is 6.45. The lowest BCUT2D eigenvalue weighted by Gasteiger charge is -2.44. The van der Waals surface area contributed by atoms with Gasteiger partial charge in [-0.2, -0.15) is 0 Å². The Hall–Kier alpha value is -0.650. The van der Waals surface area contributed by atoms with Crippen molar-refractivity contribution in [1.82, 2.24) is 10.6 Å². The van der Waals surface area contributed by atoms with E-state index in [0.717, 1.165) is 19.4 Å². The average molecular weight is 298 g/mol. The molecular weight excluding hydrogens is 268 g/mol. The lowest BCUT2D eigenvalue weighted by atomic mass is 9.78. The van der Waals surface area contributed by atoms with Gasteiger partial charge in [-0.25, -0.2) is 0 Å². The van der Waals surface area contributed by atoms with E-state index in [1.165, 1.54) is 32.1 Å². The Labute approximate surface area is 128 Å². The first-order valence-corrected chi connectivity index (χ1v) is 8.32. The zero-order valence-corrected chi connectivity index (χ0v) is 13.5. The van der Waals surface area contributed by atoms with Gasteiger partial charge in [0.1, 0.15) is 0 Å². The molecule has 2 atom stereocenters. The lowest BCUT2D eigenvalue weighted by molar-refractivity contribution is -0.126. The summed E-state index contributed by atoms with van der Waals surface area (Å²) in [5, 5.41) is 6.37. The molecule has 1 saturated carbocycles. The fourth-order valence-corrected chi connectivity index (χ4v) is 3.57. The number of carbonyl (C=O) groups is 1. The third kappa shape index (κ3) is 4.94. The maximum atomic E-state index is 12.0. The number of nitrogens with one attached hydrogen (secondary N) is 2. The van der Waals surface area contributed by atoms with Crippen LogP contribution in [0.4, 0.5) is 0 Å². The molecule has 2 fully saturated rings. The van der Waals surface area contributed by atoms with E-state index in [2.05, 4.69) is 10.6 Å². The number of ether oxygens (including phenoxy) is 2. The number of carbonyl (C=O) groups excluding carboxylic acids is 1. The van der Waals surface area contributed by atoms with Gasteiger partial charge >= 0.3 is 0 Å². The van der Waals surface area contributed by atoms with Gasteiger partial charge in [0.25, 0.3) is 0 Å². The van der Waals surface area contributed by atoms with Gasteiger partial charge in [0.05, 0.1) is 18.2 Å². The van der Waals surface area contributed by atoms with Crippen molar-refractivity contribution in [1.29, 1.82) is 0 Å². The van der Waals surface area contributed by atoms with Gasteiger partial charge in [0.15, 0.2) is 0 Å². The Balaban J connectivity index is 1.77. The van der Waals surface area contributed by atoms with Crippen molar-refractivity contribution in [3.63, 3.8) is 0 Å². The zero-order valence-electron chi connectivity index (χ0n) is 13.5. The first-order valence-electron chi connectivity index (χ1n) is 8.32. The number of hydrogen-bond donors (Lipinski definition) is 2. The Morgan fingerprint density at radius 3 is 2.86 bits per heavy atom. The number of rotatable bonds is 6. The standard InChI is InChI=1S/C16H30N2O3/c1-13(15(19)17-9-11-20-2)18-14-6-10-21-16(12-14)7-4-3-5-8-16/h13-14,18H,3-12H2,1-2H3,(H,17,19). The molecule has 1 aliphatic carbocycles. The van der Waals surface area contributed by atoms with Gasteiger partial charge in [0.2, 0.25) is 5.91 Å². The molecule has 122 valence electrons. The molecule has 0 aromatic carbocycles. The summed E-state index contributed by atoms with van der Waals surface area (Å²) in [4.78, 5) is 12.0. The van der Waals surface area contributed by atoms with E-state index < -0.39 is 0 Å². The first kappa shape index (κ1) is 16.7. The fourth-order valence-electron chi connectivity index (χ4n) is 3.57. The van der Waals surface area contributed by atoms with Crippen molar-refractivity contribution in [2.24, 2.45) is 0 Å². The predicted molar refractivity (Wildman–Crippen MR) is 82.3 cm³/mol. The summed E-state index contributed by atoms with van der Waals surface area (Å²) in [6.45, 7) is 3.87. The van der Waals surface area contributed by atoms with E-state index >= 15 is 0 Å². The molecule has 2 rings (SSSR count). The summed E-state index contributed by atoms with van der Waals surface area (Å²) in [5.41, 5.74) is 0.0837. The third-order valence-corrected chi connectivity index (χ3v) is 4.74. The van der Waals surface area contributed by atoms with Crippen molar-refractivity contribution in [3.05, 3.63) is 0 Å². The highest BCUT2D eigenvalue weighted by molar-refractivity contribution is 5.81. The molecule has 0 aromatic heterocycles. The molecule has 1 amide bonds. The minimum atomic E-state index is -0.161. The van der Waals surface area contributed by atoms with Crippen LogP contribution in [0.2, 0.25) is 0 Å². The summed E-state index contributed by atoms with van der Waals surface area (Å²) in [6.07, 6.45) is 8.29. The van der Waals surface area contributed by atoms with Crippen LogP contribution in [0.3, 0.4) is 0 Å². The van der Waals surface area contributed by atoms with Crippen molar-refractivity contribution in [2.75, 3.05) is 26.9 Å². The first-order chi connectivity index (χ1) is 10.2. The minimum absolute atomic E-state index is 0.0521. The van der Waals surface area contributed by atoms with Gasteiger partial charge in [-0.05, 0) is 32.6 Å². The van der Waals surface area contributed by atoms with Crippen LogP contribution in [-0.4, -0.2) is 50.5 Å². The van der Waals surface area contributed by atoms with Crippen molar-refractivity contribution in [3.8, 4) is 0 Å². The van der Waals surface area contributed by atoms with Crippen LogP contribution in [0.1, 0.15) is 51.9 Å². The molecule has 2 N–H and O–H groups in total. The Morgan fingerprint density at radius 1 is 1.38 bits per heavy atom. The van der Waals surface area contributed by atoms with Crippen LogP contribution in [0.5, 0.6) is 0 Å². The molecule has 0 aromatic rings. The summed E-state index contributed by atoms with van der Waals surface area (Å²) < 4.78 is 11.0. The Bertz CT molecular complexity index is 324. The highest BCUT2D eigenvalue weighted by Crippen LogP contribution is 2.38. The molecule has 1 saturated heterocycles. The van der Waals surface area contributed by atoms with Gasteiger partial charge in [-0.3, -0.25) is 4.79 Å². The molecule has 1 aliphatic heterocycles. The van der Waals surface area contributed by atoms with Gasteiger partial charge < -0.3 is 20.1 Å². The van der Waals surface area contributed by atoms with E-state index in [1.54, 1.807) is 7.11 Å². The third-order valence-electron chi connectivity index (χ3n) is 4.74. The smallest absolute Gasteiger partial charge is 0.236 e. The minimum Gasteiger partial charge on any atom is -0.383 e. The van der Waals surface area contributed by atoms with Gasteiger partial charge in [-0.1, -0.05) is 19.3 Å². The maximum absolute atomic E-state index is 12.0. The Kier molecular flexibility index (Phi) is 6.45. The predicted octanol–water partition coefficient (Wildman–Crippen LogP) is 1.61. The van der Waals surface area contributed by atoms with Crippen molar-refractivity contribution < 1.29 is 14.3 Å². The highest BCUT2D eigenvalue weighted by atomic mass is 16.5. The van der Waals surface area contributed by atoms with Gasteiger partial charge in [0, 0.05) is 26.3 Å². The molecule has 2 aliphatic rings. The van der Waals surface area contributed by atoms with Crippen LogP contribution < -0.4 is 10.6 Å².